The highest BCUT2D eigenvalue weighted by atomic mass is 16.2. The van der Waals surface area contributed by atoms with Gasteiger partial charge in [-0.15, -0.1) is 0 Å². The fraction of sp³-hybridized carbons (Fsp3) is 0.667. The van der Waals surface area contributed by atoms with Crippen LogP contribution in [0.1, 0.15) is 50.7 Å². The molecule has 1 saturated heterocycles. The zero-order valence-corrected chi connectivity index (χ0v) is 16.1. The number of amides is 1. The summed E-state index contributed by atoms with van der Waals surface area (Å²) in [7, 11) is 0. The van der Waals surface area contributed by atoms with Crippen molar-refractivity contribution in [2.75, 3.05) is 32.7 Å². The molecule has 138 valence electrons. The topological polar surface area (TPSA) is 38.0 Å². The Bertz CT molecular complexity index is 557. The van der Waals surface area contributed by atoms with Crippen LogP contribution in [0.25, 0.3) is 0 Å². The maximum absolute atomic E-state index is 12.2. The Kier molecular flexibility index (Phi) is 6.13. The van der Waals surface area contributed by atoms with Gasteiger partial charge in [-0.25, -0.2) is 0 Å². The molecular formula is C21H35N3O+2. The lowest BCUT2D eigenvalue weighted by atomic mass is 10.0. The standard InChI is InChI=1S/C21H33N3O/c1-16(2)19-6-4-18(5-7-19)14-23-10-12-24(13-11-23)15-21(25)22-17(3)20-8-9-20/h4-7,16-17,20H,8-15H2,1-3H3,(H,22,25)/p+2/t17-/m1/s1. The summed E-state index contributed by atoms with van der Waals surface area (Å²) in [4.78, 5) is 15.3. The first-order valence-corrected chi connectivity index (χ1v) is 10.1. The highest BCUT2D eigenvalue weighted by Crippen LogP contribution is 2.32. The van der Waals surface area contributed by atoms with Crippen LogP contribution < -0.4 is 15.1 Å². The van der Waals surface area contributed by atoms with E-state index in [1.165, 1.54) is 28.9 Å². The van der Waals surface area contributed by atoms with Gasteiger partial charge >= 0.3 is 0 Å². The Hall–Kier alpha value is -1.39. The van der Waals surface area contributed by atoms with Crippen LogP contribution in [0, 0.1) is 5.92 Å². The second-order valence-corrected chi connectivity index (χ2v) is 8.44. The van der Waals surface area contributed by atoms with Crippen molar-refractivity contribution in [1.29, 1.82) is 0 Å². The fourth-order valence-electron chi connectivity index (χ4n) is 3.87. The Morgan fingerprint density at radius 1 is 1.04 bits per heavy atom. The van der Waals surface area contributed by atoms with Crippen LogP contribution in [0.3, 0.4) is 0 Å². The first-order valence-electron chi connectivity index (χ1n) is 10.1. The third kappa shape index (κ3) is 5.55. The number of hydrogen-bond acceptors (Lipinski definition) is 1. The Morgan fingerprint density at radius 2 is 1.64 bits per heavy atom. The van der Waals surface area contributed by atoms with Crippen LogP contribution in [-0.2, 0) is 11.3 Å². The number of benzene rings is 1. The number of piperazine rings is 1. The molecule has 1 atom stereocenters. The summed E-state index contributed by atoms with van der Waals surface area (Å²) in [6, 6.07) is 9.48. The highest BCUT2D eigenvalue weighted by Gasteiger charge is 2.30. The molecule has 0 aromatic heterocycles. The van der Waals surface area contributed by atoms with E-state index in [2.05, 4.69) is 50.4 Å². The van der Waals surface area contributed by atoms with E-state index in [9.17, 15) is 4.79 Å². The molecule has 1 amide bonds. The summed E-state index contributed by atoms with van der Waals surface area (Å²) < 4.78 is 0. The van der Waals surface area contributed by atoms with E-state index in [1.54, 1.807) is 4.90 Å². The molecule has 3 rings (SSSR count). The third-order valence-electron chi connectivity index (χ3n) is 5.89. The van der Waals surface area contributed by atoms with E-state index in [1.807, 2.05) is 0 Å². The number of carbonyl (C=O) groups is 1. The average Bonchev–Trinajstić information content (AvgIpc) is 3.42. The maximum Gasteiger partial charge on any atom is 0.275 e. The van der Waals surface area contributed by atoms with Crippen molar-refractivity contribution in [2.45, 2.75) is 52.1 Å². The Morgan fingerprint density at radius 3 is 2.20 bits per heavy atom. The summed E-state index contributed by atoms with van der Waals surface area (Å²) in [5.41, 5.74) is 2.85. The summed E-state index contributed by atoms with van der Waals surface area (Å²) in [6.45, 7) is 12.9. The van der Waals surface area contributed by atoms with Crippen molar-refractivity contribution in [3.05, 3.63) is 35.4 Å². The van der Waals surface area contributed by atoms with Gasteiger partial charge in [-0.1, -0.05) is 38.1 Å². The molecule has 2 fully saturated rings. The normalized spacial score (nSPS) is 25.0. The lowest BCUT2D eigenvalue weighted by Gasteiger charge is -2.29. The van der Waals surface area contributed by atoms with Gasteiger partial charge in [0.15, 0.2) is 6.54 Å². The van der Waals surface area contributed by atoms with Crippen LogP contribution in [0.2, 0.25) is 0 Å². The van der Waals surface area contributed by atoms with Crippen molar-refractivity contribution in [3.8, 4) is 0 Å². The predicted molar refractivity (Wildman–Crippen MR) is 101 cm³/mol. The number of quaternary nitrogens is 2. The van der Waals surface area contributed by atoms with Crippen molar-refractivity contribution < 1.29 is 14.6 Å². The molecule has 0 unspecified atom stereocenters. The van der Waals surface area contributed by atoms with Gasteiger partial charge in [0.05, 0.1) is 0 Å². The first-order chi connectivity index (χ1) is 12.0. The van der Waals surface area contributed by atoms with Crippen LogP contribution in [0.4, 0.5) is 0 Å². The number of hydrogen-bond donors (Lipinski definition) is 3. The van der Waals surface area contributed by atoms with E-state index in [0.717, 1.165) is 38.6 Å². The predicted octanol–water partition coefficient (Wildman–Crippen LogP) is 0.00810. The van der Waals surface area contributed by atoms with Gasteiger partial charge in [-0.3, -0.25) is 4.79 Å². The molecule has 1 saturated carbocycles. The highest BCUT2D eigenvalue weighted by molar-refractivity contribution is 5.77. The van der Waals surface area contributed by atoms with E-state index in [4.69, 9.17) is 0 Å². The molecular weight excluding hydrogens is 310 g/mol. The average molecular weight is 346 g/mol. The molecule has 1 aliphatic heterocycles. The summed E-state index contributed by atoms with van der Waals surface area (Å²) in [5, 5.41) is 3.19. The second-order valence-electron chi connectivity index (χ2n) is 8.44. The molecule has 1 aromatic carbocycles. The number of nitrogens with one attached hydrogen (secondary N) is 3. The minimum absolute atomic E-state index is 0.238. The molecule has 4 nitrogen and oxygen atoms in total. The Labute approximate surface area is 152 Å². The lowest BCUT2D eigenvalue weighted by molar-refractivity contribution is -1.02. The van der Waals surface area contributed by atoms with Crippen LogP contribution >= 0.6 is 0 Å². The quantitative estimate of drug-likeness (QED) is 0.640. The molecule has 3 N–H and O–H groups in total. The van der Waals surface area contributed by atoms with Crippen molar-refractivity contribution in [1.82, 2.24) is 5.32 Å². The molecule has 2 aliphatic rings. The van der Waals surface area contributed by atoms with Crippen molar-refractivity contribution in [2.24, 2.45) is 5.92 Å². The van der Waals surface area contributed by atoms with E-state index >= 15 is 0 Å². The van der Waals surface area contributed by atoms with Gasteiger partial charge in [0, 0.05) is 11.6 Å². The van der Waals surface area contributed by atoms with Gasteiger partial charge in [-0.05, 0) is 37.2 Å². The van der Waals surface area contributed by atoms with Crippen LogP contribution in [0.5, 0.6) is 0 Å². The zero-order chi connectivity index (χ0) is 17.8. The number of rotatable bonds is 7. The smallest absolute Gasteiger partial charge is 0.275 e. The molecule has 4 heteroatoms. The van der Waals surface area contributed by atoms with Gasteiger partial charge in [-0.2, -0.15) is 0 Å². The molecule has 0 spiro atoms. The Balaban J connectivity index is 1.38. The molecule has 1 heterocycles. The van der Waals surface area contributed by atoms with Crippen molar-refractivity contribution in [3.63, 3.8) is 0 Å². The number of carbonyl (C=O) groups excluding carboxylic acids is 1. The molecule has 0 bridgehead atoms. The van der Waals surface area contributed by atoms with E-state index in [0.29, 0.717) is 18.5 Å². The van der Waals surface area contributed by atoms with Crippen LogP contribution in [0.15, 0.2) is 24.3 Å². The third-order valence-corrected chi connectivity index (χ3v) is 5.89. The fourth-order valence-corrected chi connectivity index (χ4v) is 3.87. The van der Waals surface area contributed by atoms with Gasteiger partial charge in [0.25, 0.3) is 5.91 Å². The maximum atomic E-state index is 12.2. The zero-order valence-electron chi connectivity index (χ0n) is 16.1. The molecule has 1 aromatic rings. The molecule has 0 radical (unpaired) electrons. The summed E-state index contributed by atoms with van der Waals surface area (Å²) in [6.07, 6.45) is 2.57. The largest absolute Gasteiger partial charge is 0.348 e. The monoisotopic (exact) mass is 345 g/mol. The molecule has 1 aliphatic carbocycles. The van der Waals surface area contributed by atoms with Gasteiger partial charge in [0.2, 0.25) is 0 Å². The van der Waals surface area contributed by atoms with E-state index < -0.39 is 0 Å². The molecule has 25 heavy (non-hydrogen) atoms. The minimum Gasteiger partial charge on any atom is -0.348 e. The van der Waals surface area contributed by atoms with Crippen molar-refractivity contribution >= 4 is 5.91 Å². The minimum atomic E-state index is 0.238. The SMILES string of the molecule is CC(C)c1ccc(C[NH+]2CC[NH+](CC(=O)N[C@H](C)C3CC3)CC2)cc1. The van der Waals surface area contributed by atoms with Gasteiger partial charge < -0.3 is 15.1 Å². The first kappa shape index (κ1) is 18.4. The lowest BCUT2D eigenvalue weighted by Crippen LogP contribution is -3.28. The second kappa shape index (κ2) is 8.33. The van der Waals surface area contributed by atoms with Crippen LogP contribution in [-0.4, -0.2) is 44.7 Å². The summed E-state index contributed by atoms with van der Waals surface area (Å²) in [5.74, 6) is 1.58. The van der Waals surface area contributed by atoms with Gasteiger partial charge in [0.1, 0.15) is 32.7 Å². The summed E-state index contributed by atoms with van der Waals surface area (Å²) >= 11 is 0. The van der Waals surface area contributed by atoms with E-state index in [-0.39, 0.29) is 5.91 Å².